The number of nitrogen functional groups attached to an aromatic ring is 1. The molecule has 2 aromatic heterocycles. The fraction of sp³-hybridized carbons (Fsp3) is 0.167. The lowest BCUT2D eigenvalue weighted by Crippen LogP contribution is -2.22. The van der Waals surface area contributed by atoms with E-state index < -0.39 is 0 Å². The Bertz CT molecular complexity index is 779. The molecule has 0 atom stereocenters. The molecule has 0 unspecified atom stereocenters. The maximum atomic E-state index is 12.0. The van der Waals surface area contributed by atoms with Crippen LogP contribution in [0.2, 0.25) is 0 Å². The number of carbonyl (C=O) groups is 1. The van der Waals surface area contributed by atoms with Gasteiger partial charge in [0.1, 0.15) is 0 Å². The molecule has 3 aromatic rings. The molecule has 3 N–H and O–H groups in total. The van der Waals surface area contributed by atoms with E-state index in [1.54, 1.807) is 25.1 Å². The number of aromatic nitrogens is 3. The molecule has 2 heterocycles. The van der Waals surface area contributed by atoms with Crippen LogP contribution in [0.5, 0.6) is 0 Å². The summed E-state index contributed by atoms with van der Waals surface area (Å²) >= 11 is 1.35. The minimum absolute atomic E-state index is 0.197. The van der Waals surface area contributed by atoms with Gasteiger partial charge in [-0.1, -0.05) is 16.5 Å². The zero-order valence-electron chi connectivity index (χ0n) is 10.6. The molecule has 1 amide bonds. The molecule has 8 heteroatoms. The van der Waals surface area contributed by atoms with E-state index in [0.29, 0.717) is 22.4 Å². The summed E-state index contributed by atoms with van der Waals surface area (Å²) in [6, 6.07) is 5.24. The molecule has 7 nitrogen and oxygen atoms in total. The quantitative estimate of drug-likeness (QED) is 0.756. The number of nitrogens with zero attached hydrogens (tertiary/aromatic N) is 3. The van der Waals surface area contributed by atoms with E-state index in [1.807, 2.05) is 0 Å². The van der Waals surface area contributed by atoms with Gasteiger partial charge in [0.15, 0.2) is 11.0 Å². The van der Waals surface area contributed by atoms with Gasteiger partial charge in [-0.3, -0.25) is 4.79 Å². The second-order valence-corrected chi connectivity index (χ2v) is 5.21. The Labute approximate surface area is 117 Å². The minimum Gasteiger partial charge on any atom is -0.375 e. The average Bonchev–Trinajstić information content (AvgIpc) is 2.99. The number of carbonyl (C=O) groups excluding carboxylic acids is 1. The number of benzene rings is 1. The minimum atomic E-state index is -0.213. The number of hydrogen-bond acceptors (Lipinski definition) is 7. The molecule has 3 rings (SSSR count). The van der Waals surface area contributed by atoms with Gasteiger partial charge in [0, 0.05) is 5.56 Å². The van der Waals surface area contributed by atoms with Crippen LogP contribution in [0.3, 0.4) is 0 Å². The Kier molecular flexibility index (Phi) is 3.07. The van der Waals surface area contributed by atoms with Gasteiger partial charge in [0.05, 0.1) is 16.8 Å². The number of aryl methyl sites for hydroxylation is 1. The third-order valence-corrected chi connectivity index (χ3v) is 3.48. The molecule has 0 aliphatic rings. The summed E-state index contributed by atoms with van der Waals surface area (Å²) in [6.45, 7) is 1.92. The predicted octanol–water partition coefficient (Wildman–Crippen LogP) is 1.50. The Morgan fingerprint density at radius 1 is 1.45 bits per heavy atom. The second kappa shape index (κ2) is 4.89. The van der Waals surface area contributed by atoms with E-state index >= 15 is 0 Å². The van der Waals surface area contributed by atoms with Crippen molar-refractivity contribution in [1.29, 1.82) is 0 Å². The van der Waals surface area contributed by atoms with Crippen LogP contribution < -0.4 is 11.1 Å². The summed E-state index contributed by atoms with van der Waals surface area (Å²) in [7, 11) is 0. The number of nitrogens with two attached hydrogens (primary N) is 1. The van der Waals surface area contributed by atoms with E-state index in [-0.39, 0.29) is 12.5 Å². The van der Waals surface area contributed by atoms with Gasteiger partial charge in [0.25, 0.3) is 5.91 Å². The molecular weight excluding hydrogens is 278 g/mol. The SMILES string of the molecule is Cc1noc(CNC(=O)c2ccc3nc(N)sc3c2)n1. The molecule has 20 heavy (non-hydrogen) atoms. The number of amides is 1. The lowest BCUT2D eigenvalue weighted by molar-refractivity contribution is 0.0946. The lowest BCUT2D eigenvalue weighted by Gasteiger charge is -2.02. The normalized spacial score (nSPS) is 10.8. The molecule has 102 valence electrons. The van der Waals surface area contributed by atoms with Crippen LogP contribution in [-0.4, -0.2) is 21.0 Å². The number of nitrogens with one attached hydrogen (secondary N) is 1. The highest BCUT2D eigenvalue weighted by Gasteiger charge is 2.10. The number of anilines is 1. The molecule has 0 fully saturated rings. The van der Waals surface area contributed by atoms with Gasteiger partial charge in [0.2, 0.25) is 5.89 Å². The van der Waals surface area contributed by atoms with Gasteiger partial charge in [-0.2, -0.15) is 4.98 Å². The van der Waals surface area contributed by atoms with Crippen LogP contribution in [0.4, 0.5) is 5.13 Å². The third-order valence-electron chi connectivity index (χ3n) is 2.64. The molecule has 0 saturated carbocycles. The zero-order valence-corrected chi connectivity index (χ0v) is 11.4. The van der Waals surface area contributed by atoms with Crippen LogP contribution in [0.1, 0.15) is 22.1 Å². The van der Waals surface area contributed by atoms with Crippen molar-refractivity contribution in [3.05, 3.63) is 35.5 Å². The molecular formula is C12H11N5O2S. The Morgan fingerprint density at radius 2 is 2.30 bits per heavy atom. The highest BCUT2D eigenvalue weighted by atomic mass is 32.1. The molecule has 0 radical (unpaired) electrons. The lowest BCUT2D eigenvalue weighted by atomic mass is 10.2. The van der Waals surface area contributed by atoms with Crippen LogP contribution in [-0.2, 0) is 6.54 Å². The first-order chi connectivity index (χ1) is 9.61. The molecule has 0 bridgehead atoms. The number of rotatable bonds is 3. The summed E-state index contributed by atoms with van der Waals surface area (Å²) in [5, 5.41) is 6.86. The van der Waals surface area contributed by atoms with Crippen LogP contribution in [0.15, 0.2) is 22.7 Å². The summed E-state index contributed by atoms with van der Waals surface area (Å²) < 4.78 is 5.80. The molecule has 1 aromatic carbocycles. The van der Waals surface area contributed by atoms with Gasteiger partial charge >= 0.3 is 0 Å². The first-order valence-corrected chi connectivity index (χ1v) is 6.67. The summed E-state index contributed by atoms with van der Waals surface area (Å²) in [5.74, 6) is 0.699. The fourth-order valence-electron chi connectivity index (χ4n) is 1.75. The second-order valence-electron chi connectivity index (χ2n) is 4.15. The first kappa shape index (κ1) is 12.5. The topological polar surface area (TPSA) is 107 Å². The Morgan fingerprint density at radius 3 is 3.05 bits per heavy atom. The Hall–Kier alpha value is -2.48. The summed E-state index contributed by atoms with van der Waals surface area (Å²) in [6.07, 6.45) is 0. The van der Waals surface area contributed by atoms with Crippen LogP contribution >= 0.6 is 11.3 Å². The maximum Gasteiger partial charge on any atom is 0.251 e. The molecule has 0 aliphatic heterocycles. The van der Waals surface area contributed by atoms with Crippen molar-refractivity contribution in [1.82, 2.24) is 20.4 Å². The van der Waals surface area contributed by atoms with Gasteiger partial charge in [-0.15, -0.1) is 0 Å². The van der Waals surface area contributed by atoms with E-state index in [2.05, 4.69) is 20.4 Å². The van der Waals surface area contributed by atoms with Crippen molar-refractivity contribution in [3.8, 4) is 0 Å². The fourth-order valence-corrected chi connectivity index (χ4v) is 2.53. The van der Waals surface area contributed by atoms with E-state index in [4.69, 9.17) is 10.3 Å². The van der Waals surface area contributed by atoms with Crippen molar-refractivity contribution < 1.29 is 9.32 Å². The van der Waals surface area contributed by atoms with E-state index in [9.17, 15) is 4.79 Å². The Balaban J connectivity index is 1.74. The smallest absolute Gasteiger partial charge is 0.251 e. The van der Waals surface area contributed by atoms with Crippen molar-refractivity contribution in [3.63, 3.8) is 0 Å². The van der Waals surface area contributed by atoms with Gasteiger partial charge in [-0.05, 0) is 25.1 Å². The van der Waals surface area contributed by atoms with E-state index in [0.717, 1.165) is 10.2 Å². The molecule has 0 aliphatic carbocycles. The standard InChI is InChI=1S/C12H11N5O2S/c1-6-15-10(19-17-6)5-14-11(18)7-2-3-8-9(4-7)20-12(13)16-8/h2-4H,5H2,1H3,(H2,13,16)(H,14,18). The maximum absolute atomic E-state index is 12.0. The van der Waals surface area contributed by atoms with Gasteiger partial charge < -0.3 is 15.6 Å². The van der Waals surface area contributed by atoms with Crippen LogP contribution in [0.25, 0.3) is 10.2 Å². The average molecular weight is 289 g/mol. The largest absolute Gasteiger partial charge is 0.375 e. The summed E-state index contributed by atoms with van der Waals surface area (Å²) in [5.41, 5.74) is 6.96. The predicted molar refractivity (Wildman–Crippen MR) is 74.2 cm³/mol. The highest BCUT2D eigenvalue weighted by Crippen LogP contribution is 2.24. The summed E-state index contributed by atoms with van der Waals surface area (Å²) in [4.78, 5) is 20.2. The number of thiazole rings is 1. The number of hydrogen-bond donors (Lipinski definition) is 2. The highest BCUT2D eigenvalue weighted by molar-refractivity contribution is 7.22. The zero-order chi connectivity index (χ0) is 14.1. The first-order valence-electron chi connectivity index (χ1n) is 5.85. The van der Waals surface area contributed by atoms with E-state index in [1.165, 1.54) is 11.3 Å². The van der Waals surface area contributed by atoms with Crippen molar-refractivity contribution in [2.24, 2.45) is 0 Å². The van der Waals surface area contributed by atoms with Crippen molar-refractivity contribution in [2.75, 3.05) is 5.73 Å². The van der Waals surface area contributed by atoms with Crippen molar-refractivity contribution in [2.45, 2.75) is 13.5 Å². The third kappa shape index (κ3) is 2.45. The molecule has 0 saturated heterocycles. The van der Waals surface area contributed by atoms with Gasteiger partial charge in [-0.25, -0.2) is 4.98 Å². The van der Waals surface area contributed by atoms with Crippen LogP contribution in [0, 0.1) is 6.92 Å². The monoisotopic (exact) mass is 289 g/mol. The number of fused-ring (bicyclic) bond motifs is 1. The molecule has 0 spiro atoms. The van der Waals surface area contributed by atoms with Crippen molar-refractivity contribution >= 4 is 32.6 Å².